The summed E-state index contributed by atoms with van der Waals surface area (Å²) < 4.78 is 35.0. The van der Waals surface area contributed by atoms with Gasteiger partial charge in [-0.3, -0.25) is 0 Å². The van der Waals surface area contributed by atoms with Crippen LogP contribution in [0.25, 0.3) is 0 Å². The van der Waals surface area contributed by atoms with E-state index < -0.39 is 6.34 Å². The average Bonchev–Trinajstić information content (AvgIpc) is 2.93. The van der Waals surface area contributed by atoms with Crippen LogP contribution in [0.4, 0.5) is 11.4 Å². The molecule has 0 spiro atoms. The second kappa shape index (κ2) is 14.8. The summed E-state index contributed by atoms with van der Waals surface area (Å²) in [4.78, 5) is 0. The highest BCUT2D eigenvalue weighted by Gasteiger charge is 2.25. The van der Waals surface area contributed by atoms with Crippen molar-refractivity contribution in [1.82, 2.24) is 0 Å². The number of aryl methyl sites for hydroxylation is 2. The lowest BCUT2D eigenvalue weighted by Gasteiger charge is -2.30. The van der Waals surface area contributed by atoms with Crippen molar-refractivity contribution in [3.8, 4) is 11.5 Å². The lowest BCUT2D eigenvalue weighted by molar-refractivity contribution is -0.00647. The molecule has 0 aliphatic carbocycles. The van der Waals surface area contributed by atoms with E-state index in [9.17, 15) is 0 Å². The molecule has 1 heterocycles. The first kappa shape index (κ1) is 30.3. The summed E-state index contributed by atoms with van der Waals surface area (Å²) in [5.74, 6) is 1.39. The maximum Gasteiger partial charge on any atom is 0.148 e. The van der Waals surface area contributed by atoms with Crippen molar-refractivity contribution in [3.05, 3.63) is 76.9 Å². The molecule has 0 atom stereocenters. The molecular weight excluding hydrogens is 547 g/mol. The van der Waals surface area contributed by atoms with Gasteiger partial charge in [0.2, 0.25) is 0 Å². The first-order chi connectivity index (χ1) is 19.4. The molecule has 4 bridgehead atoms. The summed E-state index contributed by atoms with van der Waals surface area (Å²) in [7, 11) is 3.33. The number of anilines is 2. The fourth-order valence-electron chi connectivity index (χ4n) is 4.62. The molecule has 0 saturated carbocycles. The largest absolute Gasteiger partial charge is 0.494 e. The Morgan fingerprint density at radius 2 is 1.07 bits per heavy atom. The van der Waals surface area contributed by atoms with E-state index in [4.69, 9.17) is 40.2 Å². The summed E-state index contributed by atoms with van der Waals surface area (Å²) in [5.41, 5.74) is 5.60. The minimum atomic E-state index is -2.69. The first-order valence-corrected chi connectivity index (χ1v) is 16.1. The highest BCUT2D eigenvalue weighted by atomic mass is 32.4. The Hall–Kier alpha value is -2.65. The fraction of sp³-hybridized carbons (Fsp3) is 0.400. The number of rotatable bonds is 3. The maximum absolute atomic E-state index is 6.45. The van der Waals surface area contributed by atoms with Gasteiger partial charge in [0, 0.05) is 16.4 Å². The first-order valence-electron chi connectivity index (χ1n) is 13.3. The zero-order chi connectivity index (χ0) is 28.4. The van der Waals surface area contributed by atoms with Crippen molar-refractivity contribution >= 4 is 34.8 Å². The van der Waals surface area contributed by atoms with Crippen LogP contribution in [0.5, 0.6) is 11.5 Å². The van der Waals surface area contributed by atoms with Crippen molar-refractivity contribution in [3.63, 3.8) is 0 Å². The fourth-order valence-corrected chi connectivity index (χ4v) is 7.49. The minimum Gasteiger partial charge on any atom is -0.494 e. The van der Waals surface area contributed by atoms with Crippen LogP contribution in [-0.4, -0.2) is 53.9 Å². The zero-order valence-corrected chi connectivity index (χ0v) is 25.4. The lowest BCUT2D eigenvalue weighted by Crippen LogP contribution is -2.19. The summed E-state index contributed by atoms with van der Waals surface area (Å²) in [6, 6.07) is 18.3. The van der Waals surface area contributed by atoms with E-state index in [1.165, 1.54) is 0 Å². The van der Waals surface area contributed by atoms with Crippen molar-refractivity contribution in [2.24, 2.45) is 0 Å². The van der Waals surface area contributed by atoms with E-state index in [1.807, 2.05) is 44.2 Å². The summed E-state index contributed by atoms with van der Waals surface area (Å²) in [5, 5.41) is 8.35. The summed E-state index contributed by atoms with van der Waals surface area (Å²) >= 11 is 6.45. The standard InChI is InChI=1S/C30H39N2O6PS/c1-22-16-24-20-37-14-12-35-10-11-36-13-15-38-21-25-17-23(2)19-28(30(25)34-4)32-39(40,26-8-6-5-7-9-26)31-27(18-22)29(24)33-3/h5-9,16-19H,10-15,20-21H2,1-4H3,(H2,31,32,40). The SMILES string of the molecule is COc1c2cc(C)cc1NP(=S)(c1ccccc1)Nc1cc(C)cc(c1OC)COCCOCCOCCOC2. The summed E-state index contributed by atoms with van der Waals surface area (Å²) in [6.07, 6.45) is -2.69. The number of nitrogens with one attached hydrogen (secondary N) is 2. The van der Waals surface area contributed by atoms with E-state index in [0.717, 1.165) is 38.9 Å². The molecular formula is C30H39N2O6PS. The molecule has 1 aliphatic rings. The van der Waals surface area contributed by atoms with Crippen molar-refractivity contribution in [1.29, 1.82) is 0 Å². The quantitative estimate of drug-likeness (QED) is 0.384. The highest BCUT2D eigenvalue weighted by Crippen LogP contribution is 2.50. The lowest BCUT2D eigenvalue weighted by atomic mass is 10.1. The van der Waals surface area contributed by atoms with Crippen LogP contribution >= 0.6 is 6.34 Å². The molecule has 1 aliphatic heterocycles. The predicted molar refractivity (Wildman–Crippen MR) is 164 cm³/mol. The molecule has 40 heavy (non-hydrogen) atoms. The second-order valence-electron chi connectivity index (χ2n) is 9.51. The van der Waals surface area contributed by atoms with E-state index in [-0.39, 0.29) is 0 Å². The van der Waals surface area contributed by atoms with Gasteiger partial charge in [-0.25, -0.2) is 0 Å². The number of hydrogen-bond acceptors (Lipinski definition) is 7. The van der Waals surface area contributed by atoms with Gasteiger partial charge in [-0.1, -0.05) is 30.3 Å². The van der Waals surface area contributed by atoms with Gasteiger partial charge in [0.1, 0.15) is 17.8 Å². The summed E-state index contributed by atoms with van der Waals surface area (Å²) in [6.45, 7) is 7.73. The van der Waals surface area contributed by atoms with E-state index in [1.54, 1.807) is 14.2 Å². The van der Waals surface area contributed by atoms with Crippen molar-refractivity contribution < 1.29 is 28.4 Å². The van der Waals surface area contributed by atoms with Crippen LogP contribution in [0.15, 0.2) is 54.6 Å². The number of methoxy groups -OCH3 is 2. The van der Waals surface area contributed by atoms with Gasteiger partial charge >= 0.3 is 0 Å². The third-order valence-electron chi connectivity index (χ3n) is 6.34. The number of hydrogen-bond donors (Lipinski definition) is 2. The Labute approximate surface area is 242 Å². The zero-order valence-electron chi connectivity index (χ0n) is 23.7. The molecule has 8 nitrogen and oxygen atoms in total. The average molecular weight is 587 g/mol. The van der Waals surface area contributed by atoms with E-state index in [2.05, 4.69) is 34.4 Å². The number of benzene rings is 3. The van der Waals surface area contributed by atoms with Crippen LogP contribution in [0.3, 0.4) is 0 Å². The van der Waals surface area contributed by atoms with Crippen LogP contribution in [0.2, 0.25) is 0 Å². The van der Waals surface area contributed by atoms with E-state index in [0.29, 0.717) is 64.4 Å². The monoisotopic (exact) mass is 586 g/mol. The molecule has 3 aromatic carbocycles. The molecule has 0 saturated heterocycles. The number of fused-ring (bicyclic) bond motifs is 4. The maximum atomic E-state index is 6.45. The van der Waals surface area contributed by atoms with Crippen molar-refractivity contribution in [2.45, 2.75) is 27.1 Å². The molecule has 4 rings (SSSR count). The molecule has 3 aromatic rings. The molecule has 0 unspecified atom stereocenters. The van der Waals surface area contributed by atoms with Crippen LogP contribution in [-0.2, 0) is 44.0 Å². The molecule has 10 heteroatoms. The topological polar surface area (TPSA) is 79.4 Å². The Bertz CT molecular complexity index is 1230. The molecule has 216 valence electrons. The third kappa shape index (κ3) is 7.97. The molecule has 0 amide bonds. The van der Waals surface area contributed by atoms with Gasteiger partial charge in [0.05, 0.1) is 78.4 Å². The Balaban J connectivity index is 1.78. The van der Waals surface area contributed by atoms with Crippen LogP contribution in [0.1, 0.15) is 22.3 Å². The van der Waals surface area contributed by atoms with Gasteiger partial charge in [0.15, 0.2) is 0 Å². The van der Waals surface area contributed by atoms with Crippen molar-refractivity contribution in [2.75, 3.05) is 64.0 Å². The third-order valence-corrected chi connectivity index (χ3v) is 9.65. The Morgan fingerprint density at radius 1 is 0.650 bits per heavy atom. The molecule has 0 radical (unpaired) electrons. The number of ether oxygens (including phenoxy) is 6. The molecule has 2 N–H and O–H groups in total. The normalized spacial score (nSPS) is 17.0. The van der Waals surface area contributed by atoms with Gasteiger partial charge in [0.25, 0.3) is 0 Å². The van der Waals surface area contributed by atoms with Gasteiger partial charge in [-0.15, -0.1) is 0 Å². The van der Waals surface area contributed by atoms with E-state index >= 15 is 0 Å². The van der Waals surface area contributed by atoms with Crippen LogP contribution in [0, 0.1) is 13.8 Å². The Kier molecular flexibility index (Phi) is 11.2. The van der Waals surface area contributed by atoms with Gasteiger partial charge in [-0.2, -0.15) is 0 Å². The Morgan fingerprint density at radius 3 is 1.50 bits per heavy atom. The molecule has 0 aromatic heterocycles. The van der Waals surface area contributed by atoms with Crippen LogP contribution < -0.4 is 25.0 Å². The minimum absolute atomic E-state index is 0.382. The smallest absolute Gasteiger partial charge is 0.148 e. The molecule has 0 fully saturated rings. The van der Waals surface area contributed by atoms with Gasteiger partial charge < -0.3 is 38.6 Å². The predicted octanol–water partition coefficient (Wildman–Crippen LogP) is 5.56. The highest BCUT2D eigenvalue weighted by molar-refractivity contribution is 8.19. The second-order valence-corrected chi connectivity index (χ2v) is 13.3. The van der Waals surface area contributed by atoms with Gasteiger partial charge in [-0.05, 0) is 61.0 Å².